The number of nitrogens with two attached hydrogens (primary N) is 1. The average molecular weight is 1110 g/mol. The summed E-state index contributed by atoms with van der Waals surface area (Å²) >= 11 is 4.32. The van der Waals surface area contributed by atoms with Gasteiger partial charge in [-0.2, -0.15) is 0 Å². The van der Waals surface area contributed by atoms with Crippen molar-refractivity contribution in [2.75, 3.05) is 20.2 Å². The molecule has 5 aromatic rings. The van der Waals surface area contributed by atoms with E-state index in [0.29, 0.717) is 36.7 Å². The standard InChI is InChI=1S/C27H25NO2.C14H28N2O2.C12H16N2OS.C6H11NO.C3H8.C2H6.CH4O/c1-3-20-6-4-7-21(16-20)18-28-27(29)23-12-15-25-22(17-23)8-5-9-26(25)30-24-13-10-19(2)11-14-24;1-13(2)16-14(18)10-8-6-4-3-5-7-9-11-15-12-17;1-8(13)12(16)11-5-3-10(4-6-11)9(2)14-7-15;1-6-3-2-4-7(6)5-8;1-3-2;2*1-2/h4-17H,3,18H2,1-2H3,(H,28,29);12-13H,3-11H2,1-2H3,(H,15,17)(H,16,18);3-7,9,16H,13H2,1-2H3,(H,14,15);5-6H,2-4H2,1H3;3H2,1-2H3;1-2H3;2H,1H3/b;;12-8-;;;;/t;;9-;6-;;;/m..01.../s1. The zero-order chi connectivity index (χ0) is 59.4. The molecule has 14 heteroatoms. The van der Waals surface area contributed by atoms with E-state index in [1.807, 2.05) is 144 Å². The van der Waals surface area contributed by atoms with Crippen LogP contribution in [0, 0.1) is 6.92 Å². The monoisotopic (exact) mass is 1110 g/mol. The zero-order valence-electron chi connectivity index (χ0n) is 49.8. The van der Waals surface area contributed by atoms with Crippen LogP contribution in [0.3, 0.4) is 0 Å². The molecule has 0 radical (unpaired) electrons. The summed E-state index contributed by atoms with van der Waals surface area (Å²) in [6, 6.07) is 36.4. The number of carbonyl (C=O) groups is 5. The number of allylic oxidation sites excluding steroid dienone is 1. The van der Waals surface area contributed by atoms with Crippen molar-refractivity contribution in [3.63, 3.8) is 0 Å². The molecule has 0 bridgehead atoms. The fourth-order valence-corrected chi connectivity index (χ4v) is 7.93. The Morgan fingerprint density at radius 1 is 0.785 bits per heavy atom. The Balaban J connectivity index is 0.00000107. The molecule has 436 valence electrons. The topological polar surface area (TPSA) is 192 Å². The van der Waals surface area contributed by atoms with Gasteiger partial charge in [-0.1, -0.05) is 152 Å². The minimum Gasteiger partial charge on any atom is -0.457 e. The molecule has 5 aromatic carbocycles. The molecule has 1 fully saturated rings. The van der Waals surface area contributed by atoms with Crippen molar-refractivity contribution in [3.05, 3.63) is 148 Å². The highest BCUT2D eigenvalue weighted by Gasteiger charge is 2.17. The first-order valence-corrected chi connectivity index (χ1v) is 28.8. The molecule has 1 aliphatic heterocycles. The average Bonchev–Trinajstić information content (AvgIpc) is 3.90. The summed E-state index contributed by atoms with van der Waals surface area (Å²) in [7, 11) is 1.00. The van der Waals surface area contributed by atoms with E-state index in [0.717, 1.165) is 103 Å². The molecule has 13 nitrogen and oxygen atoms in total. The Morgan fingerprint density at radius 2 is 1.38 bits per heavy atom. The van der Waals surface area contributed by atoms with E-state index >= 15 is 0 Å². The van der Waals surface area contributed by atoms with Gasteiger partial charge in [0.25, 0.3) is 5.91 Å². The van der Waals surface area contributed by atoms with Gasteiger partial charge in [-0.3, -0.25) is 24.0 Å². The molecule has 0 unspecified atom stereocenters. The van der Waals surface area contributed by atoms with Crippen LogP contribution in [0.15, 0.2) is 115 Å². The molecule has 5 amide bonds. The number of aryl methyl sites for hydroxylation is 2. The molecule has 0 aliphatic carbocycles. The lowest BCUT2D eigenvalue weighted by molar-refractivity contribution is -0.121. The quantitative estimate of drug-likeness (QED) is 0.0191. The minimum atomic E-state index is -0.0799. The number of carbonyl (C=O) groups excluding carboxylic acids is 5. The molecule has 7 N–H and O–H groups in total. The van der Waals surface area contributed by atoms with Crippen molar-refractivity contribution in [1.29, 1.82) is 0 Å². The fraction of sp³-hybridized carbons (Fsp3) is 0.462. The van der Waals surface area contributed by atoms with Crippen LogP contribution in [-0.2, 0) is 32.1 Å². The fourth-order valence-electron chi connectivity index (χ4n) is 7.78. The van der Waals surface area contributed by atoms with E-state index in [9.17, 15) is 24.0 Å². The van der Waals surface area contributed by atoms with Crippen molar-refractivity contribution in [1.82, 2.24) is 26.2 Å². The molecule has 0 spiro atoms. The van der Waals surface area contributed by atoms with E-state index in [1.54, 1.807) is 0 Å². The van der Waals surface area contributed by atoms with E-state index in [-0.39, 0.29) is 23.9 Å². The normalized spacial score (nSPS) is 12.5. The van der Waals surface area contributed by atoms with Gasteiger partial charge in [0.05, 0.1) is 6.04 Å². The Hall–Kier alpha value is -6.64. The van der Waals surface area contributed by atoms with Gasteiger partial charge >= 0.3 is 0 Å². The Kier molecular flexibility index (Phi) is 41.4. The number of nitrogens with one attached hydrogen (secondary N) is 4. The van der Waals surface area contributed by atoms with Crippen LogP contribution in [0.25, 0.3) is 15.7 Å². The van der Waals surface area contributed by atoms with Gasteiger partial charge < -0.3 is 41.7 Å². The van der Waals surface area contributed by atoms with Crippen LogP contribution < -0.4 is 31.7 Å². The molecule has 0 saturated carbocycles. The second-order valence-electron chi connectivity index (χ2n) is 19.2. The highest BCUT2D eigenvalue weighted by atomic mass is 32.1. The number of thiol groups is 1. The summed E-state index contributed by atoms with van der Waals surface area (Å²) in [5.74, 6) is 1.66. The van der Waals surface area contributed by atoms with E-state index in [2.05, 4.69) is 80.6 Å². The Bertz CT molecular complexity index is 2460. The van der Waals surface area contributed by atoms with Gasteiger partial charge in [-0.15, -0.1) is 12.6 Å². The number of amides is 5. The van der Waals surface area contributed by atoms with Crippen LogP contribution >= 0.6 is 12.6 Å². The van der Waals surface area contributed by atoms with Gasteiger partial charge in [0, 0.05) is 66.8 Å². The van der Waals surface area contributed by atoms with E-state index in [1.165, 1.54) is 56.1 Å². The van der Waals surface area contributed by atoms with Gasteiger partial charge in [-0.25, -0.2) is 0 Å². The number of nitrogens with zero attached hydrogens (tertiary/aromatic N) is 1. The van der Waals surface area contributed by atoms with Crippen molar-refractivity contribution >= 4 is 59.4 Å². The van der Waals surface area contributed by atoms with Crippen LogP contribution in [0.2, 0.25) is 0 Å². The summed E-state index contributed by atoms with van der Waals surface area (Å²) in [4.78, 5) is 57.1. The highest BCUT2D eigenvalue weighted by molar-refractivity contribution is 7.90. The molecule has 6 rings (SSSR count). The first-order chi connectivity index (χ1) is 38.1. The maximum atomic E-state index is 12.7. The first kappa shape index (κ1) is 72.4. The summed E-state index contributed by atoms with van der Waals surface area (Å²) < 4.78 is 6.07. The van der Waals surface area contributed by atoms with E-state index < -0.39 is 0 Å². The third-order valence-corrected chi connectivity index (χ3v) is 12.7. The number of fused-ring (bicyclic) bond motifs is 1. The number of hydrogen-bond donors (Lipinski definition) is 7. The first-order valence-electron chi connectivity index (χ1n) is 28.3. The maximum absolute atomic E-state index is 12.7. The SMILES string of the molecule is C/C(N)=C(/S)c1ccc([C@H](C)NC=O)cc1.CC.CC(C)NC(=O)CCCCCCCCCNC=O.CCC.CCc1cccc(CNC(=O)c2ccc3c(Oc4ccc(C)cc4)cccc3c2)c1.CO.C[C@@H]1CCCN1C=O. The zero-order valence-corrected chi connectivity index (χ0v) is 50.7. The molecule has 1 saturated heterocycles. The largest absolute Gasteiger partial charge is 0.457 e. The number of rotatable bonds is 23. The van der Waals surface area contributed by atoms with Gasteiger partial charge in [0.2, 0.25) is 25.1 Å². The van der Waals surface area contributed by atoms with Gasteiger partial charge in [0.1, 0.15) is 11.5 Å². The summed E-state index contributed by atoms with van der Waals surface area (Å²) in [5, 5.41) is 20.2. The van der Waals surface area contributed by atoms with Crippen molar-refractivity contribution < 1.29 is 33.8 Å². The van der Waals surface area contributed by atoms with Gasteiger partial charge in [0.15, 0.2) is 0 Å². The Morgan fingerprint density at radius 3 is 1.92 bits per heavy atom. The second kappa shape index (κ2) is 45.2. The summed E-state index contributed by atoms with van der Waals surface area (Å²) in [5.41, 5.74) is 12.6. The number of hydrogen-bond acceptors (Lipinski definition) is 9. The number of benzene rings is 5. The van der Waals surface area contributed by atoms with Crippen molar-refractivity contribution in [2.24, 2.45) is 5.73 Å². The molecular formula is C65H98N6O7S. The van der Waals surface area contributed by atoms with Gasteiger partial charge in [-0.05, 0) is 138 Å². The number of unbranched alkanes of at least 4 members (excludes halogenated alkanes) is 6. The summed E-state index contributed by atoms with van der Waals surface area (Å²) in [6.45, 7) is 24.5. The molecule has 0 aromatic heterocycles. The smallest absolute Gasteiger partial charge is 0.251 e. The summed E-state index contributed by atoms with van der Waals surface area (Å²) in [6.07, 6.45) is 15.7. The van der Waals surface area contributed by atoms with Crippen LogP contribution in [-0.4, -0.2) is 73.3 Å². The predicted molar refractivity (Wildman–Crippen MR) is 333 cm³/mol. The van der Waals surface area contributed by atoms with Crippen molar-refractivity contribution in [3.8, 4) is 11.5 Å². The predicted octanol–water partition coefficient (Wildman–Crippen LogP) is 13.6. The van der Waals surface area contributed by atoms with Crippen LogP contribution in [0.5, 0.6) is 11.5 Å². The minimum absolute atomic E-state index is 0.0119. The third kappa shape index (κ3) is 31.5. The molecule has 1 aliphatic rings. The number of likely N-dealkylation sites (tertiary alicyclic amines) is 1. The lowest BCUT2D eigenvalue weighted by Crippen LogP contribution is -2.29. The number of aliphatic hydroxyl groups is 1. The Labute approximate surface area is 480 Å². The number of ether oxygens (including phenoxy) is 1. The molecular weight excluding hydrogens is 1010 g/mol. The second-order valence-corrected chi connectivity index (χ2v) is 19.6. The lowest BCUT2D eigenvalue weighted by Gasteiger charge is -2.13. The van der Waals surface area contributed by atoms with Crippen LogP contribution in [0.4, 0.5) is 0 Å². The highest BCUT2D eigenvalue weighted by Crippen LogP contribution is 2.31. The third-order valence-electron chi connectivity index (χ3n) is 12.1. The maximum Gasteiger partial charge on any atom is 0.251 e. The molecule has 2 atom stereocenters. The van der Waals surface area contributed by atoms with Crippen molar-refractivity contribution in [2.45, 2.75) is 178 Å². The van der Waals surface area contributed by atoms with E-state index in [4.69, 9.17) is 15.6 Å². The lowest BCUT2D eigenvalue weighted by atomic mass is 10.1. The number of aliphatic hydroxyl groups excluding tert-OH is 1. The molecule has 79 heavy (non-hydrogen) atoms. The van der Waals surface area contributed by atoms with Crippen LogP contribution in [0.1, 0.15) is 184 Å². The molecule has 1 heterocycles.